The molecule has 0 aliphatic carbocycles. The summed E-state index contributed by atoms with van der Waals surface area (Å²) in [5.41, 5.74) is 0. The fraction of sp³-hybridized carbons (Fsp3) is 0.833. The minimum Gasteiger partial charge on any atom is -0.450 e. The Balaban J connectivity index is 3.31. The van der Waals surface area contributed by atoms with E-state index in [0.717, 1.165) is 6.42 Å². The molecular formula is C6H9Br3O3. The number of carboxylic acid groups (broad SMARTS) is 1. The Morgan fingerprint density at radius 2 is 2.00 bits per heavy atom. The van der Waals surface area contributed by atoms with Crippen molar-refractivity contribution in [3.8, 4) is 0 Å². The fourth-order valence-corrected chi connectivity index (χ4v) is 3.05. The number of carbonyl (C=O) groups is 1. The molecule has 1 unspecified atom stereocenters. The molecule has 6 heteroatoms. The number of rotatable bonds is 5. The second-order valence-electron chi connectivity index (χ2n) is 2.13. The lowest BCUT2D eigenvalue weighted by Gasteiger charge is -2.09. The molecule has 0 aromatic rings. The van der Waals surface area contributed by atoms with Gasteiger partial charge in [0.1, 0.15) is 0 Å². The van der Waals surface area contributed by atoms with Crippen LogP contribution in [0.1, 0.15) is 12.8 Å². The number of halogens is 3. The van der Waals surface area contributed by atoms with E-state index in [1.54, 1.807) is 0 Å². The van der Waals surface area contributed by atoms with Crippen LogP contribution in [0, 0.1) is 0 Å². The van der Waals surface area contributed by atoms with Crippen LogP contribution in [0.25, 0.3) is 0 Å². The van der Waals surface area contributed by atoms with E-state index >= 15 is 0 Å². The molecule has 0 fully saturated rings. The molecule has 3 nitrogen and oxygen atoms in total. The standard InChI is InChI=1S/C6H9Br3O3/c7-4(3-5(8)9)1-2-12-6(10)11/h4-5H,1-3H2,(H,10,11). The Bertz CT molecular complexity index is 140. The molecule has 0 saturated heterocycles. The zero-order chi connectivity index (χ0) is 9.56. The summed E-state index contributed by atoms with van der Waals surface area (Å²) >= 11 is 10.0. The minimum atomic E-state index is -1.22. The van der Waals surface area contributed by atoms with E-state index in [9.17, 15) is 4.79 Å². The first-order valence-corrected chi connectivity index (χ1v) is 6.05. The minimum absolute atomic E-state index is 0.234. The zero-order valence-electron chi connectivity index (χ0n) is 6.17. The molecule has 0 amide bonds. The maximum atomic E-state index is 9.95. The molecule has 72 valence electrons. The van der Waals surface area contributed by atoms with Crippen molar-refractivity contribution in [3.63, 3.8) is 0 Å². The monoisotopic (exact) mass is 366 g/mol. The van der Waals surface area contributed by atoms with Crippen molar-refractivity contribution >= 4 is 53.9 Å². The van der Waals surface area contributed by atoms with Gasteiger partial charge in [-0.05, 0) is 12.8 Å². The van der Waals surface area contributed by atoms with Gasteiger partial charge in [0.15, 0.2) is 0 Å². The Hall–Kier alpha value is 0.710. The number of ether oxygens (including phenoxy) is 1. The second-order valence-corrected chi connectivity index (χ2v) is 6.86. The quantitative estimate of drug-likeness (QED) is 0.598. The van der Waals surface area contributed by atoms with Gasteiger partial charge in [0.2, 0.25) is 0 Å². The van der Waals surface area contributed by atoms with Gasteiger partial charge in [-0.25, -0.2) is 4.79 Å². The lowest BCUT2D eigenvalue weighted by Crippen LogP contribution is -2.09. The van der Waals surface area contributed by atoms with Crippen LogP contribution in [-0.2, 0) is 4.74 Å². The Labute approximate surface area is 96.2 Å². The first kappa shape index (κ1) is 12.7. The number of hydrogen-bond donors (Lipinski definition) is 1. The summed E-state index contributed by atoms with van der Waals surface area (Å²) in [7, 11) is 0. The van der Waals surface area contributed by atoms with Gasteiger partial charge in [0, 0.05) is 4.83 Å². The van der Waals surface area contributed by atoms with Crippen molar-refractivity contribution in [2.45, 2.75) is 21.4 Å². The molecule has 1 atom stereocenters. The number of hydrogen-bond acceptors (Lipinski definition) is 2. The fourth-order valence-electron chi connectivity index (χ4n) is 0.585. The smallest absolute Gasteiger partial charge is 0.450 e. The molecular weight excluding hydrogens is 360 g/mol. The molecule has 0 aliphatic rings. The summed E-state index contributed by atoms with van der Waals surface area (Å²) in [5, 5.41) is 8.15. The Morgan fingerprint density at radius 1 is 1.42 bits per heavy atom. The van der Waals surface area contributed by atoms with Crippen molar-refractivity contribution in [3.05, 3.63) is 0 Å². The molecule has 0 rings (SSSR count). The van der Waals surface area contributed by atoms with Crippen LogP contribution in [0.5, 0.6) is 0 Å². The van der Waals surface area contributed by atoms with Crippen LogP contribution < -0.4 is 0 Å². The summed E-state index contributed by atoms with van der Waals surface area (Å²) in [6, 6.07) is 0. The van der Waals surface area contributed by atoms with Crippen LogP contribution in [0.3, 0.4) is 0 Å². The van der Waals surface area contributed by atoms with Crippen LogP contribution in [0.2, 0.25) is 0 Å². The van der Waals surface area contributed by atoms with E-state index in [4.69, 9.17) is 5.11 Å². The highest BCUT2D eigenvalue weighted by Crippen LogP contribution is 2.21. The molecule has 0 aromatic heterocycles. The van der Waals surface area contributed by atoms with Crippen LogP contribution >= 0.6 is 47.8 Å². The summed E-state index contributed by atoms with van der Waals surface area (Å²) in [6.45, 7) is 0.234. The van der Waals surface area contributed by atoms with Gasteiger partial charge in [-0.15, -0.1) is 0 Å². The van der Waals surface area contributed by atoms with E-state index in [2.05, 4.69) is 52.5 Å². The van der Waals surface area contributed by atoms with Gasteiger partial charge in [0.05, 0.1) is 10.3 Å². The third-order valence-electron chi connectivity index (χ3n) is 1.09. The van der Waals surface area contributed by atoms with Gasteiger partial charge in [0.25, 0.3) is 0 Å². The molecule has 0 saturated carbocycles. The predicted molar refractivity (Wildman–Crippen MR) is 57.6 cm³/mol. The van der Waals surface area contributed by atoms with Gasteiger partial charge in [-0.1, -0.05) is 47.8 Å². The maximum Gasteiger partial charge on any atom is 0.505 e. The van der Waals surface area contributed by atoms with Crippen molar-refractivity contribution in [1.29, 1.82) is 0 Å². The molecule has 12 heavy (non-hydrogen) atoms. The van der Waals surface area contributed by atoms with Crippen molar-refractivity contribution in [1.82, 2.24) is 0 Å². The Kier molecular flexibility index (Phi) is 7.57. The van der Waals surface area contributed by atoms with E-state index in [1.807, 2.05) is 0 Å². The van der Waals surface area contributed by atoms with Gasteiger partial charge in [-0.3, -0.25) is 0 Å². The molecule has 0 radical (unpaired) electrons. The van der Waals surface area contributed by atoms with E-state index in [-0.39, 0.29) is 15.2 Å². The summed E-state index contributed by atoms with van der Waals surface area (Å²) in [5.74, 6) is 0. The first-order chi connectivity index (χ1) is 5.52. The Morgan fingerprint density at radius 3 is 2.42 bits per heavy atom. The van der Waals surface area contributed by atoms with E-state index in [1.165, 1.54) is 0 Å². The van der Waals surface area contributed by atoms with Crippen molar-refractivity contribution in [2.24, 2.45) is 0 Å². The van der Waals surface area contributed by atoms with Crippen molar-refractivity contribution in [2.75, 3.05) is 6.61 Å². The van der Waals surface area contributed by atoms with Gasteiger partial charge >= 0.3 is 6.16 Å². The van der Waals surface area contributed by atoms with Crippen LogP contribution in [0.4, 0.5) is 4.79 Å². The average molecular weight is 369 g/mol. The average Bonchev–Trinajstić information content (AvgIpc) is 1.84. The highest BCUT2D eigenvalue weighted by Gasteiger charge is 2.09. The largest absolute Gasteiger partial charge is 0.505 e. The summed E-state index contributed by atoms with van der Waals surface area (Å²) in [6.07, 6.45) is 0.340. The van der Waals surface area contributed by atoms with Gasteiger partial charge < -0.3 is 9.84 Å². The third kappa shape index (κ3) is 8.80. The van der Waals surface area contributed by atoms with Crippen LogP contribution in [0.15, 0.2) is 0 Å². The third-order valence-corrected chi connectivity index (χ3v) is 2.67. The zero-order valence-corrected chi connectivity index (χ0v) is 10.9. The molecule has 1 N–H and O–H groups in total. The SMILES string of the molecule is O=C(O)OCCC(Br)CC(Br)Br. The second kappa shape index (κ2) is 7.15. The lowest BCUT2D eigenvalue weighted by molar-refractivity contribution is 0.0906. The summed E-state index contributed by atoms with van der Waals surface area (Å²) in [4.78, 5) is 10.2. The highest BCUT2D eigenvalue weighted by atomic mass is 79.9. The number of alkyl halides is 3. The van der Waals surface area contributed by atoms with Gasteiger partial charge in [-0.2, -0.15) is 0 Å². The molecule has 0 aliphatic heterocycles. The highest BCUT2D eigenvalue weighted by molar-refractivity contribution is 9.24. The maximum absolute atomic E-state index is 9.95. The predicted octanol–water partition coefficient (Wildman–Crippen LogP) is 3.34. The molecule has 0 aromatic carbocycles. The van der Waals surface area contributed by atoms with Crippen LogP contribution in [-0.4, -0.2) is 26.4 Å². The lowest BCUT2D eigenvalue weighted by atomic mass is 10.3. The van der Waals surface area contributed by atoms with E-state index in [0.29, 0.717) is 6.42 Å². The van der Waals surface area contributed by atoms with E-state index < -0.39 is 6.16 Å². The normalized spacial score (nSPS) is 13.0. The molecule has 0 spiro atoms. The molecule has 0 heterocycles. The first-order valence-electron chi connectivity index (χ1n) is 3.30. The topological polar surface area (TPSA) is 46.5 Å². The molecule has 0 bridgehead atoms. The van der Waals surface area contributed by atoms with Crippen molar-refractivity contribution < 1.29 is 14.6 Å². The summed E-state index contributed by atoms with van der Waals surface area (Å²) < 4.78 is 4.60.